The number of para-hydroxylation sites is 1. The van der Waals surface area contributed by atoms with Crippen LogP contribution < -0.4 is 10.1 Å². The second kappa shape index (κ2) is 9.83. The summed E-state index contributed by atoms with van der Waals surface area (Å²) < 4.78 is 5.56. The Morgan fingerprint density at radius 2 is 2.15 bits per heavy atom. The standard InChI is InChI=1S/C27H28N4O2S/c1-18-11-13-31(16-18)17-20-7-8-21(9-10-24-22-5-3-4-6-23(22)29-30-24)25(15-20)28-27(32)33-26-19(2)12-14-34-26/h3-10,12,14-15,18H,11,13,16-17H2,1-2H3,(H,28,32)(H,29,30)/b10-9+. The number of anilines is 1. The van der Waals surface area contributed by atoms with Crippen molar-refractivity contribution in [3.05, 3.63) is 76.3 Å². The zero-order valence-electron chi connectivity index (χ0n) is 19.4. The van der Waals surface area contributed by atoms with E-state index in [-0.39, 0.29) is 0 Å². The van der Waals surface area contributed by atoms with Crippen LogP contribution in [0.1, 0.15) is 35.7 Å². The molecule has 34 heavy (non-hydrogen) atoms. The van der Waals surface area contributed by atoms with Gasteiger partial charge in [-0.05, 0) is 66.6 Å². The van der Waals surface area contributed by atoms with Gasteiger partial charge in [-0.3, -0.25) is 15.3 Å². The molecule has 1 unspecified atom stereocenters. The Bertz CT molecular complexity index is 1340. The maximum absolute atomic E-state index is 12.7. The highest BCUT2D eigenvalue weighted by molar-refractivity contribution is 7.12. The highest BCUT2D eigenvalue weighted by Gasteiger charge is 2.19. The number of nitrogens with zero attached hydrogens (tertiary/aromatic N) is 2. The van der Waals surface area contributed by atoms with Crippen molar-refractivity contribution >= 4 is 46.2 Å². The lowest BCUT2D eigenvalue weighted by Gasteiger charge is -2.17. The molecule has 0 saturated carbocycles. The first kappa shape index (κ1) is 22.4. The van der Waals surface area contributed by atoms with Crippen molar-refractivity contribution in [2.24, 2.45) is 5.92 Å². The molecule has 3 heterocycles. The molecular formula is C27H28N4O2S. The van der Waals surface area contributed by atoms with Crippen molar-refractivity contribution in [2.75, 3.05) is 18.4 Å². The average Bonchev–Trinajstić information content (AvgIpc) is 3.54. The van der Waals surface area contributed by atoms with Crippen LogP contribution in [-0.2, 0) is 6.54 Å². The molecule has 1 atom stereocenters. The van der Waals surface area contributed by atoms with Gasteiger partial charge in [0.15, 0.2) is 5.06 Å². The summed E-state index contributed by atoms with van der Waals surface area (Å²) in [4.78, 5) is 15.2. The van der Waals surface area contributed by atoms with Crippen LogP contribution in [0.5, 0.6) is 5.06 Å². The van der Waals surface area contributed by atoms with Crippen molar-refractivity contribution in [3.8, 4) is 5.06 Å². The predicted octanol–water partition coefficient (Wildman–Crippen LogP) is 6.56. The third-order valence-electron chi connectivity index (χ3n) is 6.19. The topological polar surface area (TPSA) is 70.2 Å². The van der Waals surface area contributed by atoms with Crippen molar-refractivity contribution in [1.82, 2.24) is 15.1 Å². The fourth-order valence-corrected chi connectivity index (χ4v) is 5.12. The van der Waals surface area contributed by atoms with Crippen LogP contribution in [-0.4, -0.2) is 34.3 Å². The van der Waals surface area contributed by atoms with Crippen molar-refractivity contribution in [2.45, 2.75) is 26.8 Å². The molecule has 7 heteroatoms. The Hall–Kier alpha value is -3.42. The van der Waals surface area contributed by atoms with E-state index in [2.05, 4.69) is 33.4 Å². The fourth-order valence-electron chi connectivity index (χ4n) is 4.35. The lowest BCUT2D eigenvalue weighted by molar-refractivity contribution is 0.216. The van der Waals surface area contributed by atoms with E-state index in [4.69, 9.17) is 4.74 Å². The highest BCUT2D eigenvalue weighted by Crippen LogP contribution is 2.27. The quantitative estimate of drug-likeness (QED) is 0.334. The SMILES string of the molecule is Cc1ccsc1OC(=O)Nc1cc(CN2CCC(C)C2)ccc1/C=C/c1n[nH]c2ccccc12. The first-order chi connectivity index (χ1) is 16.5. The minimum absolute atomic E-state index is 0.489. The zero-order valence-corrected chi connectivity index (χ0v) is 20.2. The molecule has 0 radical (unpaired) electrons. The molecule has 2 N–H and O–H groups in total. The molecule has 2 aromatic carbocycles. The molecule has 0 spiro atoms. The second-order valence-corrected chi connectivity index (χ2v) is 9.82. The third kappa shape index (κ3) is 5.05. The first-order valence-corrected chi connectivity index (χ1v) is 12.4. The van der Waals surface area contributed by atoms with Gasteiger partial charge in [0.25, 0.3) is 0 Å². The van der Waals surface area contributed by atoms with Crippen molar-refractivity contribution in [3.63, 3.8) is 0 Å². The lowest BCUT2D eigenvalue weighted by Crippen LogP contribution is -2.20. The molecule has 2 aromatic heterocycles. The van der Waals surface area contributed by atoms with Crippen LogP contribution >= 0.6 is 11.3 Å². The number of aromatic nitrogens is 2. The molecule has 6 nitrogen and oxygen atoms in total. The first-order valence-electron chi connectivity index (χ1n) is 11.5. The van der Waals surface area contributed by atoms with E-state index in [1.165, 1.54) is 23.3 Å². The van der Waals surface area contributed by atoms with Gasteiger partial charge in [-0.2, -0.15) is 5.10 Å². The van der Waals surface area contributed by atoms with E-state index in [9.17, 15) is 4.79 Å². The van der Waals surface area contributed by atoms with E-state index in [0.717, 1.165) is 59.0 Å². The fraction of sp³-hybridized carbons (Fsp3) is 0.259. The lowest BCUT2D eigenvalue weighted by atomic mass is 10.1. The van der Waals surface area contributed by atoms with E-state index < -0.39 is 6.09 Å². The number of carbonyl (C=O) groups is 1. The molecule has 1 aliphatic rings. The number of fused-ring (bicyclic) bond motifs is 1. The number of amides is 1. The zero-order chi connectivity index (χ0) is 23.5. The van der Waals surface area contributed by atoms with E-state index in [1.54, 1.807) is 0 Å². The summed E-state index contributed by atoms with van der Waals surface area (Å²) in [7, 11) is 0. The Labute approximate surface area is 203 Å². The number of benzene rings is 2. The number of aryl methyl sites for hydroxylation is 1. The number of nitrogens with one attached hydrogen (secondary N) is 2. The van der Waals surface area contributed by atoms with Crippen LogP contribution in [0.4, 0.5) is 10.5 Å². The average molecular weight is 473 g/mol. The number of hydrogen-bond acceptors (Lipinski definition) is 5. The molecule has 0 aliphatic carbocycles. The monoisotopic (exact) mass is 472 g/mol. The Kier molecular flexibility index (Phi) is 6.47. The van der Waals surface area contributed by atoms with Gasteiger partial charge < -0.3 is 4.74 Å². The van der Waals surface area contributed by atoms with Crippen LogP contribution in [0.25, 0.3) is 23.1 Å². The molecule has 4 aromatic rings. The minimum Gasteiger partial charge on any atom is -0.399 e. The molecular weight excluding hydrogens is 444 g/mol. The van der Waals surface area contributed by atoms with Gasteiger partial charge in [0.05, 0.1) is 16.9 Å². The maximum atomic E-state index is 12.7. The largest absolute Gasteiger partial charge is 0.417 e. The van der Waals surface area contributed by atoms with Crippen LogP contribution in [0.2, 0.25) is 0 Å². The second-order valence-electron chi connectivity index (χ2n) is 8.94. The normalized spacial score (nSPS) is 16.5. The summed E-state index contributed by atoms with van der Waals surface area (Å²) >= 11 is 1.41. The Balaban J connectivity index is 1.40. The van der Waals surface area contributed by atoms with Gasteiger partial charge in [-0.25, -0.2) is 4.79 Å². The number of hydrogen-bond donors (Lipinski definition) is 2. The van der Waals surface area contributed by atoms with E-state index >= 15 is 0 Å². The van der Waals surface area contributed by atoms with Crippen LogP contribution in [0.15, 0.2) is 53.9 Å². The Morgan fingerprint density at radius 3 is 2.94 bits per heavy atom. The predicted molar refractivity (Wildman–Crippen MR) is 139 cm³/mol. The number of rotatable bonds is 6. The van der Waals surface area contributed by atoms with Gasteiger partial charge in [-0.15, -0.1) is 11.3 Å². The molecule has 1 saturated heterocycles. The maximum Gasteiger partial charge on any atom is 0.417 e. The molecule has 174 valence electrons. The summed E-state index contributed by atoms with van der Waals surface area (Å²) in [6, 6.07) is 16.2. The van der Waals surface area contributed by atoms with Gasteiger partial charge >= 0.3 is 6.09 Å². The number of carbonyl (C=O) groups excluding carboxylic acids is 1. The molecule has 0 bridgehead atoms. The van der Waals surface area contributed by atoms with Gasteiger partial charge in [0.1, 0.15) is 0 Å². The number of thiophene rings is 1. The summed E-state index contributed by atoms with van der Waals surface area (Å²) in [5, 5.41) is 14.0. The van der Waals surface area contributed by atoms with Crippen LogP contribution in [0, 0.1) is 12.8 Å². The van der Waals surface area contributed by atoms with Crippen molar-refractivity contribution in [1.29, 1.82) is 0 Å². The van der Waals surface area contributed by atoms with E-state index in [0.29, 0.717) is 5.06 Å². The van der Waals surface area contributed by atoms with Crippen molar-refractivity contribution < 1.29 is 9.53 Å². The van der Waals surface area contributed by atoms with Gasteiger partial charge in [-0.1, -0.05) is 43.3 Å². The van der Waals surface area contributed by atoms with Crippen LogP contribution in [0.3, 0.4) is 0 Å². The number of H-pyrrole nitrogens is 1. The molecule has 5 rings (SSSR count). The summed E-state index contributed by atoms with van der Waals surface area (Å²) in [5.74, 6) is 0.729. The third-order valence-corrected chi connectivity index (χ3v) is 7.08. The van der Waals surface area contributed by atoms with Gasteiger partial charge in [0.2, 0.25) is 0 Å². The summed E-state index contributed by atoms with van der Waals surface area (Å²) in [5.41, 5.74) is 5.58. The smallest absolute Gasteiger partial charge is 0.399 e. The highest BCUT2D eigenvalue weighted by atomic mass is 32.1. The summed E-state index contributed by atoms with van der Waals surface area (Å²) in [6.07, 6.45) is 4.69. The molecule has 1 amide bonds. The number of aromatic amines is 1. The minimum atomic E-state index is -0.489. The number of likely N-dealkylation sites (tertiary alicyclic amines) is 1. The number of ether oxygens (including phenoxy) is 1. The Morgan fingerprint density at radius 1 is 1.26 bits per heavy atom. The summed E-state index contributed by atoms with van der Waals surface area (Å²) in [6.45, 7) is 7.31. The molecule has 1 fully saturated rings. The van der Waals surface area contributed by atoms with E-state index in [1.807, 2.05) is 66.9 Å². The van der Waals surface area contributed by atoms with Gasteiger partial charge in [0, 0.05) is 24.0 Å². The molecule has 1 aliphatic heterocycles.